The van der Waals surface area contributed by atoms with E-state index in [-0.39, 0.29) is 0 Å². The van der Waals surface area contributed by atoms with E-state index >= 15 is 0 Å². The summed E-state index contributed by atoms with van der Waals surface area (Å²) in [6.07, 6.45) is -10.6. The van der Waals surface area contributed by atoms with E-state index in [1.54, 1.807) is 0 Å². The van der Waals surface area contributed by atoms with Crippen molar-refractivity contribution in [2.75, 3.05) is 0 Å². The third-order valence-electron chi connectivity index (χ3n) is 1.39. The van der Waals surface area contributed by atoms with Crippen LogP contribution >= 0.6 is 0 Å². The summed E-state index contributed by atoms with van der Waals surface area (Å²) in [7, 11) is 0. The molecule has 0 spiro atoms. The van der Waals surface area contributed by atoms with Crippen LogP contribution in [0.4, 0.5) is 26.3 Å². The maximum absolute atomic E-state index is 11.9. The first kappa shape index (κ1) is 10.9. The van der Waals surface area contributed by atoms with Crippen molar-refractivity contribution in [3.05, 3.63) is 24.0 Å². The number of hydrogen-bond donors (Lipinski definition) is 0. The molecule has 0 N–H and O–H groups in total. The Hall–Kier alpha value is -1.14. The van der Waals surface area contributed by atoms with Crippen molar-refractivity contribution in [1.82, 2.24) is 0 Å². The molecule has 1 aliphatic rings. The maximum Gasteiger partial charge on any atom is 0.448 e. The molecule has 14 heavy (non-hydrogen) atoms. The molecule has 0 fully saturated rings. The molecular formula is C7H4F6O. The molecule has 1 nitrogen and oxygen atoms in total. The van der Waals surface area contributed by atoms with Crippen molar-refractivity contribution in [3.8, 4) is 0 Å². The van der Waals surface area contributed by atoms with Crippen LogP contribution in [-0.4, -0.2) is 18.5 Å². The van der Waals surface area contributed by atoms with Crippen LogP contribution in [0.25, 0.3) is 0 Å². The van der Waals surface area contributed by atoms with Crippen molar-refractivity contribution in [2.24, 2.45) is 0 Å². The Labute approximate surface area is 74.7 Å². The number of halogens is 6. The van der Waals surface area contributed by atoms with Crippen molar-refractivity contribution in [3.63, 3.8) is 0 Å². The van der Waals surface area contributed by atoms with Crippen LogP contribution in [0.1, 0.15) is 0 Å². The molecule has 0 aromatic rings. The number of rotatable bonds is 0. The molecule has 0 radical (unpaired) electrons. The van der Waals surface area contributed by atoms with Crippen molar-refractivity contribution in [2.45, 2.75) is 18.5 Å². The minimum Gasteiger partial charge on any atom is -0.472 e. The van der Waals surface area contributed by atoms with Gasteiger partial charge in [-0.05, 0) is 12.2 Å². The van der Waals surface area contributed by atoms with E-state index in [0.29, 0.717) is 18.2 Å². The van der Waals surface area contributed by atoms with E-state index in [0.717, 1.165) is 0 Å². The zero-order chi connectivity index (χ0) is 11.0. The highest BCUT2D eigenvalue weighted by atomic mass is 19.4. The van der Waals surface area contributed by atoms with Gasteiger partial charge in [-0.2, -0.15) is 26.3 Å². The molecular weight excluding hydrogens is 214 g/mol. The van der Waals surface area contributed by atoms with Gasteiger partial charge in [0.2, 0.25) is 11.9 Å². The third-order valence-corrected chi connectivity index (χ3v) is 1.39. The van der Waals surface area contributed by atoms with Crippen LogP contribution in [0, 0.1) is 0 Å². The van der Waals surface area contributed by atoms with Gasteiger partial charge in [-0.1, -0.05) is 6.08 Å². The smallest absolute Gasteiger partial charge is 0.448 e. The first-order chi connectivity index (χ1) is 6.21. The van der Waals surface area contributed by atoms with Crippen LogP contribution < -0.4 is 0 Å². The third kappa shape index (κ3) is 2.43. The predicted molar refractivity (Wildman–Crippen MR) is 34.2 cm³/mol. The molecule has 0 bridgehead atoms. The Bertz CT molecular complexity index is 271. The van der Waals surface area contributed by atoms with Gasteiger partial charge in [0.05, 0.1) is 0 Å². The monoisotopic (exact) mass is 218 g/mol. The lowest BCUT2D eigenvalue weighted by Crippen LogP contribution is -2.33. The van der Waals surface area contributed by atoms with E-state index in [1.165, 1.54) is 0 Å². The summed E-state index contributed by atoms with van der Waals surface area (Å²) in [4.78, 5) is 0. The van der Waals surface area contributed by atoms with Gasteiger partial charge in [0, 0.05) is 0 Å². The Morgan fingerprint density at radius 3 is 2.07 bits per heavy atom. The van der Waals surface area contributed by atoms with Crippen molar-refractivity contribution >= 4 is 0 Å². The normalized spacial score (nSPS) is 23.0. The average molecular weight is 218 g/mol. The molecule has 1 heterocycles. The molecule has 0 amide bonds. The fourth-order valence-electron chi connectivity index (χ4n) is 0.796. The lowest BCUT2D eigenvalue weighted by molar-refractivity contribution is -0.216. The lowest BCUT2D eigenvalue weighted by atomic mass is 10.2. The van der Waals surface area contributed by atoms with Gasteiger partial charge in [-0.25, -0.2) is 0 Å². The molecule has 7 heteroatoms. The van der Waals surface area contributed by atoms with Gasteiger partial charge in [0.15, 0.2) is 0 Å². The Morgan fingerprint density at radius 2 is 1.64 bits per heavy atom. The summed E-state index contributed by atoms with van der Waals surface area (Å²) in [6.45, 7) is 0. The van der Waals surface area contributed by atoms with Gasteiger partial charge in [-0.15, -0.1) is 0 Å². The van der Waals surface area contributed by atoms with Crippen LogP contribution in [0.5, 0.6) is 0 Å². The summed E-state index contributed by atoms with van der Waals surface area (Å²) in [5.74, 6) is -1.64. The minimum atomic E-state index is -4.89. The first-order valence-electron chi connectivity index (χ1n) is 3.40. The van der Waals surface area contributed by atoms with Gasteiger partial charge in [0.1, 0.15) is 0 Å². The standard InChI is InChI=1S/C7H4F6O/c8-6(9,10)4-2-1-3-5(14-4)7(11,12)13/h1-4H. The molecule has 80 valence electrons. The number of allylic oxidation sites excluding steroid dienone is 3. The summed E-state index contributed by atoms with van der Waals surface area (Å²) in [5.41, 5.74) is 0. The van der Waals surface area contributed by atoms with Gasteiger partial charge >= 0.3 is 12.4 Å². The van der Waals surface area contributed by atoms with Gasteiger partial charge in [0.25, 0.3) is 0 Å². The zero-order valence-electron chi connectivity index (χ0n) is 6.49. The minimum absolute atomic E-state index is 0.447. The van der Waals surface area contributed by atoms with E-state index in [1.807, 2.05) is 0 Å². The fourth-order valence-corrected chi connectivity index (χ4v) is 0.796. The maximum atomic E-state index is 11.9. The van der Waals surface area contributed by atoms with Crippen molar-refractivity contribution in [1.29, 1.82) is 0 Å². The van der Waals surface area contributed by atoms with E-state index < -0.39 is 24.2 Å². The average Bonchev–Trinajstić information content (AvgIpc) is 2.01. The molecule has 0 saturated carbocycles. The highest BCUT2D eigenvalue weighted by Crippen LogP contribution is 2.34. The summed E-state index contributed by atoms with van der Waals surface area (Å²) in [5, 5.41) is 0. The highest BCUT2D eigenvalue weighted by Gasteiger charge is 2.46. The molecule has 0 aromatic heterocycles. The zero-order valence-corrected chi connectivity index (χ0v) is 6.49. The van der Waals surface area contributed by atoms with E-state index in [4.69, 9.17) is 0 Å². The van der Waals surface area contributed by atoms with Crippen LogP contribution in [-0.2, 0) is 4.74 Å². The molecule has 0 saturated heterocycles. The lowest BCUT2D eigenvalue weighted by Gasteiger charge is -2.23. The second-order valence-corrected chi connectivity index (χ2v) is 2.49. The second kappa shape index (κ2) is 3.21. The first-order valence-corrected chi connectivity index (χ1v) is 3.40. The molecule has 1 rings (SSSR count). The fraction of sp³-hybridized carbons (Fsp3) is 0.429. The van der Waals surface area contributed by atoms with Crippen LogP contribution in [0.2, 0.25) is 0 Å². The van der Waals surface area contributed by atoms with Crippen LogP contribution in [0.3, 0.4) is 0 Å². The van der Waals surface area contributed by atoms with Crippen molar-refractivity contribution < 1.29 is 31.1 Å². The van der Waals surface area contributed by atoms with E-state index in [2.05, 4.69) is 4.74 Å². The number of alkyl halides is 6. The van der Waals surface area contributed by atoms with E-state index in [9.17, 15) is 26.3 Å². The largest absolute Gasteiger partial charge is 0.472 e. The topological polar surface area (TPSA) is 9.23 Å². The number of hydrogen-bond acceptors (Lipinski definition) is 1. The summed E-state index contributed by atoms with van der Waals surface area (Å²) in [6, 6.07) is 0. The SMILES string of the molecule is FC(F)(F)C1=CC=CC(C(F)(F)F)O1. The summed E-state index contributed by atoms with van der Waals surface area (Å²) < 4.78 is 75.3. The second-order valence-electron chi connectivity index (χ2n) is 2.49. The Balaban J connectivity index is 2.80. The molecule has 1 unspecified atom stereocenters. The highest BCUT2D eigenvalue weighted by molar-refractivity contribution is 5.18. The predicted octanol–water partition coefficient (Wildman–Crippen LogP) is 2.95. The number of ether oxygens (including phenoxy) is 1. The molecule has 1 aliphatic heterocycles. The molecule has 0 aromatic carbocycles. The quantitative estimate of drug-likeness (QED) is 0.568. The van der Waals surface area contributed by atoms with Gasteiger partial charge in [-0.3, -0.25) is 0 Å². The summed E-state index contributed by atoms with van der Waals surface area (Å²) >= 11 is 0. The molecule has 0 aliphatic carbocycles. The Kier molecular flexibility index (Phi) is 2.51. The van der Waals surface area contributed by atoms with Crippen LogP contribution in [0.15, 0.2) is 24.0 Å². The molecule has 1 atom stereocenters. The van der Waals surface area contributed by atoms with Gasteiger partial charge < -0.3 is 4.74 Å². The Morgan fingerprint density at radius 1 is 1.07 bits per heavy atom.